The van der Waals surface area contributed by atoms with Crippen molar-refractivity contribution in [3.8, 4) is 0 Å². The average molecular weight is 196 g/mol. The molecule has 1 amide bonds. The second-order valence-electron chi connectivity index (χ2n) is 4.63. The average Bonchev–Trinajstić information content (AvgIpc) is 2.69. The van der Waals surface area contributed by atoms with Gasteiger partial charge in [-0.3, -0.25) is 4.79 Å². The molecule has 2 heterocycles. The third-order valence-electron chi connectivity index (χ3n) is 3.39. The number of likely N-dealkylation sites (tertiary alicyclic amines) is 2. The van der Waals surface area contributed by atoms with Crippen molar-refractivity contribution in [1.82, 2.24) is 9.80 Å². The van der Waals surface area contributed by atoms with E-state index >= 15 is 0 Å². The summed E-state index contributed by atoms with van der Waals surface area (Å²) in [6.45, 7) is 4.12. The first-order valence-electron chi connectivity index (χ1n) is 5.75. The number of nitrogens with zero attached hydrogens (tertiary/aromatic N) is 2. The molecule has 3 heteroatoms. The van der Waals surface area contributed by atoms with Crippen molar-refractivity contribution in [3.05, 3.63) is 0 Å². The van der Waals surface area contributed by atoms with Crippen molar-refractivity contribution in [2.24, 2.45) is 5.92 Å². The van der Waals surface area contributed by atoms with Crippen LogP contribution in [0.3, 0.4) is 0 Å². The van der Waals surface area contributed by atoms with Crippen molar-refractivity contribution in [2.75, 3.05) is 33.2 Å². The summed E-state index contributed by atoms with van der Waals surface area (Å²) in [4.78, 5) is 16.4. The zero-order valence-corrected chi connectivity index (χ0v) is 9.04. The Morgan fingerprint density at radius 2 is 1.86 bits per heavy atom. The molecule has 0 aromatic rings. The van der Waals surface area contributed by atoms with E-state index in [0.29, 0.717) is 5.91 Å². The first kappa shape index (κ1) is 9.97. The topological polar surface area (TPSA) is 23.6 Å². The van der Waals surface area contributed by atoms with E-state index in [1.807, 2.05) is 0 Å². The fraction of sp³-hybridized carbons (Fsp3) is 0.909. The number of carbonyl (C=O) groups is 1. The molecule has 80 valence electrons. The Hall–Kier alpha value is -0.570. The standard InChI is InChI=1S/C11H20N2O/c1-12-6-4-5-10(9-12)11(14)13-7-2-3-8-13/h10H,2-9H2,1H3/t10-/m0/s1. The van der Waals surface area contributed by atoms with Crippen molar-refractivity contribution in [3.63, 3.8) is 0 Å². The van der Waals surface area contributed by atoms with E-state index in [0.717, 1.165) is 32.6 Å². The van der Waals surface area contributed by atoms with Crippen molar-refractivity contribution < 1.29 is 4.79 Å². The van der Waals surface area contributed by atoms with Crippen molar-refractivity contribution in [2.45, 2.75) is 25.7 Å². The van der Waals surface area contributed by atoms with Gasteiger partial charge in [-0.2, -0.15) is 0 Å². The van der Waals surface area contributed by atoms with E-state index < -0.39 is 0 Å². The van der Waals surface area contributed by atoms with E-state index in [4.69, 9.17) is 0 Å². The minimum Gasteiger partial charge on any atom is -0.342 e. The SMILES string of the molecule is CN1CCC[C@H](C(=O)N2CCCC2)C1. The highest BCUT2D eigenvalue weighted by Gasteiger charge is 2.28. The Morgan fingerprint density at radius 3 is 2.50 bits per heavy atom. The van der Waals surface area contributed by atoms with Gasteiger partial charge in [0.2, 0.25) is 5.91 Å². The number of rotatable bonds is 1. The van der Waals surface area contributed by atoms with Gasteiger partial charge in [0.15, 0.2) is 0 Å². The molecule has 2 aliphatic heterocycles. The lowest BCUT2D eigenvalue weighted by Crippen LogP contribution is -2.42. The maximum absolute atomic E-state index is 12.0. The van der Waals surface area contributed by atoms with Crippen molar-refractivity contribution >= 4 is 5.91 Å². The second-order valence-corrected chi connectivity index (χ2v) is 4.63. The van der Waals surface area contributed by atoms with E-state index in [1.54, 1.807) is 0 Å². The van der Waals surface area contributed by atoms with Gasteiger partial charge in [0.05, 0.1) is 5.92 Å². The predicted octanol–water partition coefficient (Wildman–Crippen LogP) is 0.951. The molecule has 1 atom stereocenters. The normalized spacial score (nSPS) is 29.5. The summed E-state index contributed by atoms with van der Waals surface area (Å²) in [7, 11) is 2.11. The minimum atomic E-state index is 0.284. The number of hydrogen-bond donors (Lipinski definition) is 0. The monoisotopic (exact) mass is 196 g/mol. The van der Waals surface area contributed by atoms with Crippen molar-refractivity contribution in [1.29, 1.82) is 0 Å². The van der Waals surface area contributed by atoms with Crippen LogP contribution in [0.1, 0.15) is 25.7 Å². The van der Waals surface area contributed by atoms with Gasteiger partial charge in [0.25, 0.3) is 0 Å². The zero-order valence-electron chi connectivity index (χ0n) is 9.04. The molecule has 14 heavy (non-hydrogen) atoms. The minimum absolute atomic E-state index is 0.284. The van der Waals surface area contributed by atoms with Crippen LogP contribution in [0.25, 0.3) is 0 Å². The van der Waals surface area contributed by atoms with E-state index in [2.05, 4.69) is 16.8 Å². The molecule has 0 aliphatic carbocycles. The summed E-state index contributed by atoms with van der Waals surface area (Å²) < 4.78 is 0. The van der Waals surface area contributed by atoms with Crippen LogP contribution >= 0.6 is 0 Å². The molecule has 0 spiro atoms. The van der Waals surface area contributed by atoms with Crippen LogP contribution in [-0.2, 0) is 4.79 Å². The summed E-state index contributed by atoms with van der Waals surface area (Å²) in [5.74, 6) is 0.695. The fourth-order valence-electron chi connectivity index (χ4n) is 2.56. The van der Waals surface area contributed by atoms with Gasteiger partial charge in [-0.15, -0.1) is 0 Å². The Bertz CT molecular complexity index is 211. The summed E-state index contributed by atoms with van der Waals surface area (Å²) in [6, 6.07) is 0. The maximum atomic E-state index is 12.0. The van der Waals surface area contributed by atoms with Crippen LogP contribution in [0.5, 0.6) is 0 Å². The highest BCUT2D eigenvalue weighted by Crippen LogP contribution is 2.20. The van der Waals surface area contributed by atoms with E-state index in [-0.39, 0.29) is 5.92 Å². The Morgan fingerprint density at radius 1 is 1.14 bits per heavy atom. The molecule has 0 aromatic heterocycles. The van der Waals surface area contributed by atoms with Crippen LogP contribution in [0.2, 0.25) is 0 Å². The number of hydrogen-bond acceptors (Lipinski definition) is 2. The molecular weight excluding hydrogens is 176 g/mol. The van der Waals surface area contributed by atoms with E-state index in [9.17, 15) is 4.79 Å². The molecule has 2 rings (SSSR count). The molecule has 0 bridgehead atoms. The van der Waals surface area contributed by atoms with Crippen LogP contribution < -0.4 is 0 Å². The largest absolute Gasteiger partial charge is 0.342 e. The quantitative estimate of drug-likeness (QED) is 0.623. The van der Waals surface area contributed by atoms with E-state index in [1.165, 1.54) is 19.3 Å². The summed E-state index contributed by atoms with van der Waals surface area (Å²) >= 11 is 0. The fourth-order valence-corrected chi connectivity index (χ4v) is 2.56. The molecule has 0 unspecified atom stereocenters. The van der Waals surface area contributed by atoms with Gasteiger partial charge in [-0.25, -0.2) is 0 Å². The van der Waals surface area contributed by atoms with Gasteiger partial charge >= 0.3 is 0 Å². The zero-order chi connectivity index (χ0) is 9.97. The van der Waals surface area contributed by atoms with Gasteiger partial charge in [0, 0.05) is 19.6 Å². The van der Waals surface area contributed by atoms with Crippen LogP contribution in [0, 0.1) is 5.92 Å². The predicted molar refractivity (Wildman–Crippen MR) is 56.0 cm³/mol. The summed E-state index contributed by atoms with van der Waals surface area (Å²) in [5, 5.41) is 0. The number of amides is 1. The van der Waals surface area contributed by atoms with Gasteiger partial charge in [-0.05, 0) is 39.3 Å². The third kappa shape index (κ3) is 2.08. The molecule has 2 saturated heterocycles. The van der Waals surface area contributed by atoms with Crippen LogP contribution in [0.15, 0.2) is 0 Å². The van der Waals surface area contributed by atoms with Gasteiger partial charge in [-0.1, -0.05) is 0 Å². The van der Waals surface area contributed by atoms with Gasteiger partial charge < -0.3 is 9.80 Å². The second kappa shape index (κ2) is 4.30. The number of piperidine rings is 1. The molecule has 0 saturated carbocycles. The molecule has 0 N–H and O–H groups in total. The number of carbonyl (C=O) groups excluding carboxylic acids is 1. The maximum Gasteiger partial charge on any atom is 0.226 e. The lowest BCUT2D eigenvalue weighted by atomic mass is 9.97. The first-order valence-corrected chi connectivity index (χ1v) is 5.75. The summed E-state index contributed by atoms with van der Waals surface area (Å²) in [5.41, 5.74) is 0. The molecule has 2 aliphatic rings. The highest BCUT2D eigenvalue weighted by atomic mass is 16.2. The first-order chi connectivity index (χ1) is 6.77. The van der Waals surface area contributed by atoms with Crippen LogP contribution in [0.4, 0.5) is 0 Å². The van der Waals surface area contributed by atoms with Gasteiger partial charge in [0.1, 0.15) is 0 Å². The molecule has 0 radical (unpaired) electrons. The molecule has 3 nitrogen and oxygen atoms in total. The lowest BCUT2D eigenvalue weighted by molar-refractivity contribution is -0.136. The Balaban J connectivity index is 1.89. The Kier molecular flexibility index (Phi) is 3.06. The third-order valence-corrected chi connectivity index (χ3v) is 3.39. The Labute approximate surface area is 86.1 Å². The highest BCUT2D eigenvalue weighted by molar-refractivity contribution is 5.79. The smallest absolute Gasteiger partial charge is 0.226 e. The lowest BCUT2D eigenvalue weighted by Gasteiger charge is -2.31. The molecule has 2 fully saturated rings. The molecule has 0 aromatic carbocycles. The van der Waals surface area contributed by atoms with Crippen LogP contribution in [-0.4, -0.2) is 48.9 Å². The summed E-state index contributed by atoms with van der Waals surface area (Å²) in [6.07, 6.45) is 4.68. The molecular formula is C11H20N2O.